The number of carbonyl (C=O) groups is 2. The van der Waals surface area contributed by atoms with Crippen molar-refractivity contribution in [1.82, 2.24) is 20.9 Å². The van der Waals surface area contributed by atoms with Gasteiger partial charge in [0.25, 0.3) is 5.91 Å². The second-order valence-corrected chi connectivity index (χ2v) is 7.35. The van der Waals surface area contributed by atoms with Crippen LogP contribution in [-0.4, -0.2) is 55.9 Å². The topological polar surface area (TPSA) is 85.8 Å². The third-order valence-electron chi connectivity index (χ3n) is 4.76. The number of guanidine groups is 1. The minimum absolute atomic E-state index is 0.00375. The Bertz CT molecular complexity index is 664. The number of nitrogens with zero attached hydrogens (tertiary/aromatic N) is 2. The lowest BCUT2D eigenvalue weighted by molar-refractivity contribution is -0.120. The summed E-state index contributed by atoms with van der Waals surface area (Å²) < 4.78 is 0. The van der Waals surface area contributed by atoms with E-state index in [2.05, 4.69) is 20.9 Å². The van der Waals surface area contributed by atoms with Gasteiger partial charge in [0, 0.05) is 32.2 Å². The van der Waals surface area contributed by atoms with Crippen LogP contribution >= 0.6 is 0 Å². The van der Waals surface area contributed by atoms with Gasteiger partial charge in [-0.15, -0.1) is 0 Å². The highest BCUT2D eigenvalue weighted by Crippen LogP contribution is 2.17. The van der Waals surface area contributed by atoms with E-state index in [9.17, 15) is 9.59 Å². The number of rotatable bonds is 7. The Labute approximate surface area is 168 Å². The first-order valence-corrected chi connectivity index (χ1v) is 10.1. The first-order valence-electron chi connectivity index (χ1n) is 10.1. The molecule has 7 nitrogen and oxygen atoms in total. The maximum atomic E-state index is 12.2. The first-order chi connectivity index (χ1) is 13.5. The molecule has 1 aliphatic carbocycles. The second kappa shape index (κ2) is 11.3. The van der Waals surface area contributed by atoms with Gasteiger partial charge in [-0.05, 0) is 37.5 Å². The summed E-state index contributed by atoms with van der Waals surface area (Å²) in [7, 11) is 3.47. The minimum Gasteiger partial charge on any atom is -0.357 e. The Balaban J connectivity index is 1.85. The summed E-state index contributed by atoms with van der Waals surface area (Å²) in [5.41, 5.74) is 1.65. The van der Waals surface area contributed by atoms with Crippen molar-refractivity contribution in [3.63, 3.8) is 0 Å². The van der Waals surface area contributed by atoms with Crippen LogP contribution in [0.15, 0.2) is 29.3 Å². The number of carbonyl (C=O) groups excluding carboxylic acids is 2. The van der Waals surface area contributed by atoms with Crippen LogP contribution in [0.5, 0.6) is 0 Å². The molecule has 0 atom stereocenters. The molecule has 2 rings (SSSR count). The molecule has 0 spiro atoms. The van der Waals surface area contributed by atoms with Crippen LogP contribution in [0.25, 0.3) is 0 Å². The molecule has 0 heterocycles. The number of nitrogens with one attached hydrogen (secondary N) is 3. The van der Waals surface area contributed by atoms with Crippen LogP contribution in [0.2, 0.25) is 0 Å². The number of hydrogen-bond donors (Lipinski definition) is 3. The summed E-state index contributed by atoms with van der Waals surface area (Å²) in [5.74, 6) is 0.591. The van der Waals surface area contributed by atoms with E-state index in [-0.39, 0.29) is 18.4 Å². The van der Waals surface area contributed by atoms with Gasteiger partial charge in [0.15, 0.2) is 5.96 Å². The predicted octanol–water partition coefficient (Wildman–Crippen LogP) is 1.89. The third kappa shape index (κ3) is 7.21. The zero-order chi connectivity index (χ0) is 20.4. The molecule has 1 aromatic carbocycles. The van der Waals surface area contributed by atoms with Crippen molar-refractivity contribution in [1.29, 1.82) is 0 Å². The van der Waals surface area contributed by atoms with E-state index in [4.69, 9.17) is 0 Å². The average molecular weight is 388 g/mol. The van der Waals surface area contributed by atoms with Gasteiger partial charge >= 0.3 is 0 Å². The van der Waals surface area contributed by atoms with Crippen molar-refractivity contribution in [2.24, 2.45) is 4.99 Å². The Hall–Kier alpha value is -2.57. The maximum absolute atomic E-state index is 12.2. The SMILES string of the molecule is CCNC(=NCc1ccc(C(=O)N(C)C)cc1)NCC(=O)NC1CCCCC1. The summed E-state index contributed by atoms with van der Waals surface area (Å²) in [6, 6.07) is 7.74. The molecule has 1 aliphatic rings. The summed E-state index contributed by atoms with van der Waals surface area (Å²) in [6.07, 6.45) is 5.81. The minimum atomic E-state index is -0.0194. The average Bonchev–Trinajstić information content (AvgIpc) is 2.70. The molecular weight excluding hydrogens is 354 g/mol. The molecule has 0 saturated heterocycles. The van der Waals surface area contributed by atoms with Crippen molar-refractivity contribution in [3.8, 4) is 0 Å². The van der Waals surface area contributed by atoms with Gasteiger partial charge in [0.2, 0.25) is 5.91 Å². The lowest BCUT2D eigenvalue weighted by Crippen LogP contribution is -2.46. The predicted molar refractivity (Wildman–Crippen MR) is 112 cm³/mol. The van der Waals surface area contributed by atoms with Gasteiger partial charge in [0.1, 0.15) is 0 Å². The largest absolute Gasteiger partial charge is 0.357 e. The molecule has 1 fully saturated rings. The van der Waals surface area contributed by atoms with Gasteiger partial charge in [0.05, 0.1) is 13.1 Å². The van der Waals surface area contributed by atoms with Gasteiger partial charge in [-0.25, -0.2) is 4.99 Å². The quantitative estimate of drug-likeness (QED) is 0.493. The molecule has 0 aliphatic heterocycles. The van der Waals surface area contributed by atoms with Gasteiger partial charge < -0.3 is 20.9 Å². The van der Waals surface area contributed by atoms with E-state index in [1.165, 1.54) is 19.3 Å². The standard InChI is InChI=1S/C21H33N5O2/c1-4-22-21(24-15-19(27)25-18-8-6-5-7-9-18)23-14-16-10-12-17(13-11-16)20(28)26(2)3/h10-13,18H,4-9,14-15H2,1-3H3,(H,25,27)(H2,22,23,24). The van der Waals surface area contributed by atoms with E-state index in [0.29, 0.717) is 30.7 Å². The molecule has 0 radical (unpaired) electrons. The van der Waals surface area contributed by atoms with E-state index < -0.39 is 0 Å². The second-order valence-electron chi connectivity index (χ2n) is 7.35. The monoisotopic (exact) mass is 387 g/mol. The molecule has 7 heteroatoms. The highest BCUT2D eigenvalue weighted by molar-refractivity contribution is 5.93. The number of hydrogen-bond acceptors (Lipinski definition) is 3. The van der Waals surface area contributed by atoms with Crippen molar-refractivity contribution >= 4 is 17.8 Å². The zero-order valence-electron chi connectivity index (χ0n) is 17.3. The molecular formula is C21H33N5O2. The fraction of sp³-hybridized carbons (Fsp3) is 0.571. The first kappa shape index (κ1) is 21.7. The number of aliphatic imine (C=N–C) groups is 1. The summed E-state index contributed by atoms with van der Waals surface area (Å²) in [4.78, 5) is 30.2. The van der Waals surface area contributed by atoms with Gasteiger partial charge in [-0.2, -0.15) is 0 Å². The molecule has 28 heavy (non-hydrogen) atoms. The Kier molecular flexibility index (Phi) is 8.78. The smallest absolute Gasteiger partial charge is 0.253 e. The van der Waals surface area contributed by atoms with Crippen molar-refractivity contribution in [2.45, 2.75) is 51.6 Å². The van der Waals surface area contributed by atoms with E-state index in [0.717, 1.165) is 18.4 Å². The normalized spacial score (nSPS) is 15.0. The molecule has 2 amide bonds. The third-order valence-corrected chi connectivity index (χ3v) is 4.76. The Morgan fingerprint density at radius 3 is 2.36 bits per heavy atom. The Morgan fingerprint density at radius 1 is 1.07 bits per heavy atom. The lowest BCUT2D eigenvalue weighted by Gasteiger charge is -2.23. The van der Waals surface area contributed by atoms with Crippen LogP contribution in [-0.2, 0) is 11.3 Å². The van der Waals surface area contributed by atoms with Crippen LogP contribution in [0.1, 0.15) is 54.9 Å². The van der Waals surface area contributed by atoms with E-state index in [1.807, 2.05) is 31.2 Å². The molecule has 1 saturated carbocycles. The van der Waals surface area contributed by atoms with Crippen LogP contribution in [0.4, 0.5) is 0 Å². The Morgan fingerprint density at radius 2 is 1.75 bits per heavy atom. The molecule has 0 unspecified atom stereocenters. The highest BCUT2D eigenvalue weighted by atomic mass is 16.2. The van der Waals surface area contributed by atoms with Crippen LogP contribution in [0.3, 0.4) is 0 Å². The number of amides is 2. The molecule has 154 valence electrons. The molecule has 1 aromatic rings. The summed E-state index contributed by atoms with van der Waals surface area (Å²) in [5, 5.41) is 9.34. The van der Waals surface area contributed by atoms with Crippen LogP contribution in [0, 0.1) is 0 Å². The highest BCUT2D eigenvalue weighted by Gasteiger charge is 2.15. The fourth-order valence-electron chi connectivity index (χ4n) is 3.21. The molecule has 3 N–H and O–H groups in total. The summed E-state index contributed by atoms with van der Waals surface area (Å²) >= 11 is 0. The van der Waals surface area contributed by atoms with Crippen molar-refractivity contribution < 1.29 is 9.59 Å². The summed E-state index contributed by atoms with van der Waals surface area (Å²) in [6.45, 7) is 3.38. The van der Waals surface area contributed by atoms with Gasteiger partial charge in [-0.3, -0.25) is 9.59 Å². The van der Waals surface area contributed by atoms with Crippen LogP contribution < -0.4 is 16.0 Å². The number of benzene rings is 1. The maximum Gasteiger partial charge on any atom is 0.253 e. The van der Waals surface area contributed by atoms with E-state index >= 15 is 0 Å². The van der Waals surface area contributed by atoms with Crippen molar-refractivity contribution in [2.75, 3.05) is 27.2 Å². The van der Waals surface area contributed by atoms with Crippen molar-refractivity contribution in [3.05, 3.63) is 35.4 Å². The molecule has 0 bridgehead atoms. The van der Waals surface area contributed by atoms with E-state index in [1.54, 1.807) is 19.0 Å². The fourth-order valence-corrected chi connectivity index (χ4v) is 3.21. The van der Waals surface area contributed by atoms with Gasteiger partial charge in [-0.1, -0.05) is 31.4 Å². The zero-order valence-corrected chi connectivity index (χ0v) is 17.3. The lowest BCUT2D eigenvalue weighted by atomic mass is 9.95. The molecule has 0 aromatic heterocycles.